The predicted molar refractivity (Wildman–Crippen MR) is 87.2 cm³/mol. The fraction of sp³-hybridized carbons (Fsp3) is 0.235. The minimum atomic E-state index is -1.26. The number of nitrogens with zero attached hydrogens (tertiary/aromatic N) is 1. The van der Waals surface area contributed by atoms with Crippen LogP contribution in [0, 0.1) is 0 Å². The van der Waals surface area contributed by atoms with E-state index in [1.165, 1.54) is 24.1 Å². The molecule has 1 aromatic heterocycles. The molecule has 0 fully saturated rings. The lowest BCUT2D eigenvalue weighted by Crippen LogP contribution is -2.09. The van der Waals surface area contributed by atoms with Gasteiger partial charge in [-0.15, -0.1) is 0 Å². The molecule has 6 heteroatoms. The molecule has 1 heterocycles. The van der Waals surface area contributed by atoms with Crippen LogP contribution in [-0.2, 0) is 22.4 Å². The molecule has 0 spiro atoms. The first-order valence-corrected chi connectivity index (χ1v) is 7.29. The number of aromatic nitrogens is 1. The number of hydrogen-bond acceptors (Lipinski definition) is 4. The molecule has 3 rings (SSSR count). The van der Waals surface area contributed by atoms with Crippen molar-refractivity contribution in [3.05, 3.63) is 47.7 Å². The molecule has 2 aromatic rings. The molecule has 0 amide bonds. The zero-order chi connectivity index (χ0) is 16.8. The summed E-state index contributed by atoms with van der Waals surface area (Å²) in [6.07, 6.45) is 5.79. The highest BCUT2D eigenvalue weighted by atomic mass is 16.4. The number of pyridine rings is 1. The normalized spacial score (nSPS) is 13.2. The van der Waals surface area contributed by atoms with E-state index in [1.54, 1.807) is 0 Å². The van der Waals surface area contributed by atoms with Crippen LogP contribution in [-0.4, -0.2) is 27.1 Å². The third-order valence-corrected chi connectivity index (χ3v) is 3.58. The van der Waals surface area contributed by atoms with Crippen molar-refractivity contribution >= 4 is 28.5 Å². The highest BCUT2D eigenvalue weighted by molar-refractivity contribution is 5.92. The van der Waals surface area contributed by atoms with Gasteiger partial charge in [0.25, 0.3) is 0 Å². The Morgan fingerprint density at radius 1 is 1.04 bits per heavy atom. The first-order valence-electron chi connectivity index (χ1n) is 7.29. The summed E-state index contributed by atoms with van der Waals surface area (Å²) >= 11 is 0. The van der Waals surface area contributed by atoms with Crippen LogP contribution < -0.4 is 5.73 Å². The Morgan fingerprint density at radius 2 is 1.65 bits per heavy atom. The van der Waals surface area contributed by atoms with Gasteiger partial charge in [0.05, 0.1) is 5.52 Å². The summed E-state index contributed by atoms with van der Waals surface area (Å²) in [4.78, 5) is 23.8. The third kappa shape index (κ3) is 4.29. The molecular weight excluding hydrogens is 296 g/mol. The minimum Gasteiger partial charge on any atom is -0.478 e. The Labute approximate surface area is 133 Å². The summed E-state index contributed by atoms with van der Waals surface area (Å²) in [5.41, 5.74) is 10.7. The summed E-state index contributed by atoms with van der Waals surface area (Å²) < 4.78 is 0. The van der Waals surface area contributed by atoms with Crippen molar-refractivity contribution in [3.8, 4) is 0 Å². The van der Waals surface area contributed by atoms with Gasteiger partial charge in [-0.25, -0.2) is 9.59 Å². The number of carbonyl (C=O) groups is 2. The quantitative estimate of drug-likeness (QED) is 0.733. The van der Waals surface area contributed by atoms with E-state index < -0.39 is 11.9 Å². The molecule has 1 aromatic carbocycles. The van der Waals surface area contributed by atoms with Gasteiger partial charge in [0.2, 0.25) is 0 Å². The maximum Gasteiger partial charge on any atom is 0.328 e. The minimum absolute atomic E-state index is 0.558. The van der Waals surface area contributed by atoms with Crippen molar-refractivity contribution in [2.24, 2.45) is 0 Å². The van der Waals surface area contributed by atoms with Gasteiger partial charge in [0, 0.05) is 28.9 Å². The molecule has 4 N–H and O–H groups in total. The van der Waals surface area contributed by atoms with Crippen molar-refractivity contribution in [1.82, 2.24) is 4.98 Å². The molecule has 1 aliphatic carbocycles. The zero-order valence-electron chi connectivity index (χ0n) is 12.5. The third-order valence-electron chi connectivity index (χ3n) is 3.58. The van der Waals surface area contributed by atoms with E-state index in [-0.39, 0.29) is 0 Å². The van der Waals surface area contributed by atoms with Crippen LogP contribution in [0.5, 0.6) is 0 Å². The van der Waals surface area contributed by atoms with Crippen molar-refractivity contribution in [2.75, 3.05) is 5.73 Å². The van der Waals surface area contributed by atoms with Crippen LogP contribution in [0.25, 0.3) is 10.9 Å². The number of aryl methyl sites for hydroxylation is 1. The van der Waals surface area contributed by atoms with E-state index in [0.29, 0.717) is 12.2 Å². The number of nitrogens with two attached hydrogens (primary N) is 1. The van der Waals surface area contributed by atoms with Gasteiger partial charge in [0.15, 0.2) is 0 Å². The second-order valence-corrected chi connectivity index (χ2v) is 5.18. The number of para-hydroxylation sites is 1. The molecular formula is C17H18N2O4. The Bertz CT molecular complexity index is 753. The molecule has 0 saturated carbocycles. The summed E-state index contributed by atoms with van der Waals surface area (Å²) in [6, 6.07) is 8.15. The number of aliphatic carboxylic acids is 2. The van der Waals surface area contributed by atoms with Gasteiger partial charge in [-0.3, -0.25) is 4.98 Å². The van der Waals surface area contributed by atoms with E-state index >= 15 is 0 Å². The molecule has 0 radical (unpaired) electrons. The molecule has 1 aliphatic rings. The van der Waals surface area contributed by atoms with E-state index in [2.05, 4.69) is 6.07 Å². The van der Waals surface area contributed by atoms with Gasteiger partial charge in [-0.2, -0.15) is 0 Å². The molecule has 6 nitrogen and oxygen atoms in total. The van der Waals surface area contributed by atoms with Crippen LogP contribution in [0.4, 0.5) is 5.69 Å². The smallest absolute Gasteiger partial charge is 0.328 e. The lowest BCUT2D eigenvalue weighted by molar-refractivity contribution is -0.134. The molecule has 0 bridgehead atoms. The largest absolute Gasteiger partial charge is 0.478 e. The monoisotopic (exact) mass is 314 g/mol. The van der Waals surface area contributed by atoms with Crippen LogP contribution in [0.2, 0.25) is 0 Å². The SMILES string of the molecule is Nc1c2c(nc3ccccc13)CCCC2.O=C(O)/C=C/C(=O)O. The number of rotatable bonds is 2. The van der Waals surface area contributed by atoms with Gasteiger partial charge >= 0.3 is 11.9 Å². The lowest BCUT2D eigenvalue weighted by atomic mass is 9.93. The van der Waals surface area contributed by atoms with E-state index in [1.807, 2.05) is 18.2 Å². The number of nitrogen functional groups attached to an aromatic ring is 1. The van der Waals surface area contributed by atoms with Crippen molar-refractivity contribution in [3.63, 3.8) is 0 Å². The second kappa shape index (κ2) is 7.40. The van der Waals surface area contributed by atoms with E-state index in [0.717, 1.165) is 29.4 Å². The molecule has 0 unspecified atom stereocenters. The van der Waals surface area contributed by atoms with Gasteiger partial charge in [-0.1, -0.05) is 18.2 Å². The zero-order valence-corrected chi connectivity index (χ0v) is 12.5. The topological polar surface area (TPSA) is 114 Å². The highest BCUT2D eigenvalue weighted by Crippen LogP contribution is 2.30. The van der Waals surface area contributed by atoms with E-state index in [4.69, 9.17) is 20.9 Å². The Kier molecular flexibility index (Phi) is 5.30. The standard InChI is InChI=1S/C13H14N2.C4H4O4/c14-13-9-5-1-3-7-11(9)15-12-8-4-2-6-10(12)13;5-3(6)1-2-4(7)8/h1,3,5,7H,2,4,6,8H2,(H2,14,15);1-2H,(H,5,6)(H,7,8)/b;2-1+. The first kappa shape index (κ1) is 16.5. The van der Waals surface area contributed by atoms with Crippen molar-refractivity contribution in [1.29, 1.82) is 0 Å². The Hall–Kier alpha value is -2.89. The fourth-order valence-electron chi connectivity index (χ4n) is 2.55. The van der Waals surface area contributed by atoms with Gasteiger partial charge in [0.1, 0.15) is 0 Å². The van der Waals surface area contributed by atoms with Crippen LogP contribution >= 0.6 is 0 Å². The first-order chi connectivity index (χ1) is 11.0. The molecule has 23 heavy (non-hydrogen) atoms. The molecule has 0 aliphatic heterocycles. The Morgan fingerprint density at radius 3 is 2.30 bits per heavy atom. The molecule has 120 valence electrons. The molecule has 0 saturated heterocycles. The number of carboxylic acids is 2. The Balaban J connectivity index is 0.000000207. The number of carboxylic acid groups (broad SMARTS) is 2. The average molecular weight is 314 g/mol. The van der Waals surface area contributed by atoms with Crippen molar-refractivity contribution in [2.45, 2.75) is 25.7 Å². The van der Waals surface area contributed by atoms with Crippen molar-refractivity contribution < 1.29 is 19.8 Å². The van der Waals surface area contributed by atoms with E-state index in [9.17, 15) is 9.59 Å². The van der Waals surface area contributed by atoms with Crippen LogP contribution in [0.1, 0.15) is 24.1 Å². The lowest BCUT2D eigenvalue weighted by Gasteiger charge is -2.18. The summed E-state index contributed by atoms with van der Waals surface area (Å²) in [7, 11) is 0. The molecule has 0 atom stereocenters. The predicted octanol–water partition coefficient (Wildman–Crippen LogP) is 2.41. The van der Waals surface area contributed by atoms with Crippen LogP contribution in [0.3, 0.4) is 0 Å². The van der Waals surface area contributed by atoms with Gasteiger partial charge in [-0.05, 0) is 37.3 Å². The second-order valence-electron chi connectivity index (χ2n) is 5.18. The summed E-state index contributed by atoms with van der Waals surface area (Å²) in [6.45, 7) is 0. The number of anilines is 1. The van der Waals surface area contributed by atoms with Crippen LogP contribution in [0.15, 0.2) is 36.4 Å². The summed E-state index contributed by atoms with van der Waals surface area (Å²) in [5.74, 6) is -2.51. The number of fused-ring (bicyclic) bond motifs is 2. The summed E-state index contributed by atoms with van der Waals surface area (Å²) in [5, 5.41) is 16.7. The maximum atomic E-state index is 9.55. The van der Waals surface area contributed by atoms with Gasteiger partial charge < -0.3 is 15.9 Å². The highest BCUT2D eigenvalue weighted by Gasteiger charge is 2.15. The fourth-order valence-corrected chi connectivity index (χ4v) is 2.55. The maximum absolute atomic E-state index is 9.55. The average Bonchev–Trinajstić information content (AvgIpc) is 2.54. The number of benzene rings is 1. The number of hydrogen-bond donors (Lipinski definition) is 3.